The summed E-state index contributed by atoms with van der Waals surface area (Å²) >= 11 is 3.30. The minimum atomic E-state index is -1.06. The molecule has 10 heteroatoms. The highest BCUT2D eigenvalue weighted by Crippen LogP contribution is 2.40. The van der Waals surface area contributed by atoms with Crippen LogP contribution >= 0.6 is 15.9 Å². The highest BCUT2D eigenvalue weighted by molar-refractivity contribution is 9.11. The molecule has 0 amide bonds. The van der Waals surface area contributed by atoms with Crippen LogP contribution < -0.4 is 0 Å². The van der Waals surface area contributed by atoms with Crippen LogP contribution in [0.15, 0.2) is 41.4 Å². The molecule has 9 atom stereocenters. The van der Waals surface area contributed by atoms with Crippen molar-refractivity contribution in [3.05, 3.63) is 47.0 Å². The molecule has 1 aromatic carbocycles. The summed E-state index contributed by atoms with van der Waals surface area (Å²) in [6.07, 6.45) is -3.59. The average molecular weight is 583 g/mol. The van der Waals surface area contributed by atoms with Gasteiger partial charge in [0.15, 0.2) is 0 Å². The molecule has 1 aromatic rings. The van der Waals surface area contributed by atoms with Crippen molar-refractivity contribution >= 4 is 27.7 Å². The van der Waals surface area contributed by atoms with E-state index in [4.69, 9.17) is 18.9 Å². The number of halogens is 1. The molecular weight excluding hydrogens is 548 g/mol. The Morgan fingerprint density at radius 3 is 2.49 bits per heavy atom. The van der Waals surface area contributed by atoms with E-state index < -0.39 is 48.7 Å². The van der Waals surface area contributed by atoms with Crippen LogP contribution in [0.1, 0.15) is 55.3 Å². The van der Waals surface area contributed by atoms with Crippen LogP contribution in [0.4, 0.5) is 0 Å². The Labute approximate surface area is 224 Å². The van der Waals surface area contributed by atoms with Crippen molar-refractivity contribution in [2.75, 3.05) is 6.61 Å². The van der Waals surface area contributed by atoms with E-state index in [0.29, 0.717) is 42.1 Å². The Hall–Kier alpha value is -1.66. The third kappa shape index (κ3) is 7.06. The van der Waals surface area contributed by atoms with Crippen molar-refractivity contribution in [3.63, 3.8) is 0 Å². The van der Waals surface area contributed by atoms with Gasteiger partial charge in [-0.2, -0.15) is 0 Å². The van der Waals surface area contributed by atoms with E-state index in [9.17, 15) is 24.9 Å². The number of carbonyl (C=O) groups excluding carboxylic acids is 2. The Balaban J connectivity index is 1.30. The lowest BCUT2D eigenvalue weighted by Gasteiger charge is -2.46. The summed E-state index contributed by atoms with van der Waals surface area (Å²) in [7, 11) is 0. The van der Waals surface area contributed by atoms with Gasteiger partial charge >= 0.3 is 5.97 Å². The maximum atomic E-state index is 12.8. The molecule has 0 radical (unpaired) electrons. The molecule has 37 heavy (non-hydrogen) atoms. The number of ether oxygens (including phenoxy) is 4. The lowest BCUT2D eigenvalue weighted by Crippen LogP contribution is -2.61. The Morgan fingerprint density at radius 1 is 1.05 bits per heavy atom. The van der Waals surface area contributed by atoms with Crippen molar-refractivity contribution in [1.82, 2.24) is 0 Å². The summed E-state index contributed by atoms with van der Waals surface area (Å²) in [5, 5.41) is 31.0. The number of ketones is 1. The van der Waals surface area contributed by atoms with Crippen LogP contribution in [-0.4, -0.2) is 88.6 Å². The van der Waals surface area contributed by atoms with Crippen LogP contribution in [0.3, 0.4) is 0 Å². The van der Waals surface area contributed by atoms with Gasteiger partial charge in [-0.25, -0.2) is 4.79 Å². The molecule has 3 aliphatic heterocycles. The lowest BCUT2D eigenvalue weighted by atomic mass is 9.88. The maximum Gasteiger partial charge on any atom is 0.338 e. The fourth-order valence-corrected chi connectivity index (χ4v) is 5.70. The molecule has 4 unspecified atom stereocenters. The fraction of sp³-hybridized carbons (Fsp3) is 0.630. The summed E-state index contributed by atoms with van der Waals surface area (Å²) in [6, 6.07) is 8.63. The van der Waals surface area contributed by atoms with E-state index in [2.05, 4.69) is 22.5 Å². The number of hydrogen-bond acceptors (Lipinski definition) is 9. The summed E-state index contributed by atoms with van der Waals surface area (Å²) in [6.45, 7) is 3.82. The molecule has 0 aliphatic carbocycles. The minimum absolute atomic E-state index is 0.000520. The zero-order chi connectivity index (χ0) is 26.5. The molecule has 3 heterocycles. The Kier molecular flexibility index (Phi) is 9.90. The number of aliphatic hydroxyl groups excluding tert-OH is 3. The molecule has 0 saturated carbocycles. The lowest BCUT2D eigenvalue weighted by molar-refractivity contribution is -0.260. The smallest absolute Gasteiger partial charge is 0.338 e. The quantitative estimate of drug-likeness (QED) is 0.336. The fourth-order valence-electron chi connectivity index (χ4n) is 5.34. The number of fused-ring (bicyclic) bond motifs is 2. The largest absolute Gasteiger partial charge is 0.458 e. The van der Waals surface area contributed by atoms with Gasteiger partial charge in [0.1, 0.15) is 42.4 Å². The van der Waals surface area contributed by atoms with Crippen molar-refractivity contribution in [2.24, 2.45) is 0 Å². The molecule has 4 rings (SSSR count). The number of benzene rings is 1. The zero-order valence-corrected chi connectivity index (χ0v) is 22.2. The van der Waals surface area contributed by atoms with Gasteiger partial charge < -0.3 is 34.3 Å². The first-order valence-electron chi connectivity index (χ1n) is 12.8. The van der Waals surface area contributed by atoms with Crippen LogP contribution in [0.5, 0.6) is 0 Å². The molecule has 204 valence electrons. The van der Waals surface area contributed by atoms with Crippen LogP contribution in [0.2, 0.25) is 0 Å². The van der Waals surface area contributed by atoms with E-state index in [-0.39, 0.29) is 37.4 Å². The number of aliphatic hydroxyl groups is 3. The molecule has 3 N–H and O–H groups in total. The average Bonchev–Trinajstić information content (AvgIpc) is 3.18. The second-order valence-corrected chi connectivity index (χ2v) is 11.1. The van der Waals surface area contributed by atoms with Crippen LogP contribution in [-0.2, 0) is 23.7 Å². The normalized spacial score (nSPS) is 33.7. The van der Waals surface area contributed by atoms with Gasteiger partial charge in [-0.05, 0) is 42.3 Å². The van der Waals surface area contributed by atoms with E-state index >= 15 is 0 Å². The second-order valence-electron chi connectivity index (χ2n) is 9.97. The SMILES string of the molecule is C=C(Br)CC(CCC(=O)CC1O[C@H]2C(O)[C@H]3O[C@@H](CCO)CCC3O[C@H]2[C@H]1O)OC(=O)c1ccccc1. The van der Waals surface area contributed by atoms with Crippen molar-refractivity contribution in [3.8, 4) is 0 Å². The van der Waals surface area contributed by atoms with Gasteiger partial charge in [0.25, 0.3) is 0 Å². The van der Waals surface area contributed by atoms with Gasteiger partial charge in [0, 0.05) is 25.9 Å². The van der Waals surface area contributed by atoms with Crippen molar-refractivity contribution in [2.45, 2.75) is 99.9 Å². The topological polar surface area (TPSA) is 132 Å². The van der Waals surface area contributed by atoms with E-state index in [1.165, 1.54) is 0 Å². The second kappa shape index (κ2) is 12.9. The molecular formula is C27H35BrO9. The Morgan fingerprint density at radius 2 is 1.78 bits per heavy atom. The predicted molar refractivity (Wildman–Crippen MR) is 136 cm³/mol. The third-order valence-electron chi connectivity index (χ3n) is 7.22. The van der Waals surface area contributed by atoms with E-state index in [1.807, 2.05) is 6.07 Å². The summed E-state index contributed by atoms with van der Waals surface area (Å²) in [4.78, 5) is 25.3. The van der Waals surface area contributed by atoms with E-state index in [0.717, 1.165) is 0 Å². The molecule has 3 aliphatic rings. The predicted octanol–water partition coefficient (Wildman–Crippen LogP) is 2.44. The standard InChI is InChI=1S/C27H35BrO9/c1-15(28)13-19(35-27(33)16-5-3-2-4-6-16)8-7-17(30)14-21-22(31)25-26(37-21)23(32)24-20(36-25)10-9-18(34-24)11-12-29/h2-6,18-26,29,31-32H,1,7-14H2/t18-,19?,20?,21?,22+,23?,24+,25+,26+/m1/s1. The van der Waals surface area contributed by atoms with Crippen LogP contribution in [0.25, 0.3) is 0 Å². The Bertz CT molecular complexity index is 941. The molecule has 9 nitrogen and oxygen atoms in total. The van der Waals surface area contributed by atoms with Gasteiger partial charge in [0.2, 0.25) is 0 Å². The zero-order valence-electron chi connectivity index (χ0n) is 20.6. The third-order valence-corrected chi connectivity index (χ3v) is 7.55. The summed E-state index contributed by atoms with van der Waals surface area (Å²) in [5.41, 5.74) is 0.426. The molecule has 0 aromatic heterocycles. The molecule has 0 bridgehead atoms. The first-order chi connectivity index (χ1) is 17.8. The molecule has 3 saturated heterocycles. The number of rotatable bonds is 11. The van der Waals surface area contributed by atoms with Crippen molar-refractivity contribution in [1.29, 1.82) is 0 Å². The number of esters is 1. The van der Waals surface area contributed by atoms with Gasteiger partial charge in [-0.15, -0.1) is 0 Å². The maximum absolute atomic E-state index is 12.8. The van der Waals surface area contributed by atoms with E-state index in [1.54, 1.807) is 24.3 Å². The van der Waals surface area contributed by atoms with Crippen molar-refractivity contribution < 1.29 is 43.9 Å². The van der Waals surface area contributed by atoms with Gasteiger partial charge in [0.05, 0.1) is 23.9 Å². The monoisotopic (exact) mass is 582 g/mol. The molecule has 3 fully saturated rings. The highest BCUT2D eigenvalue weighted by Gasteiger charge is 2.56. The first-order valence-corrected chi connectivity index (χ1v) is 13.6. The molecule has 0 spiro atoms. The number of Topliss-reactive ketones (excluding diaryl/α,β-unsaturated/α-hetero) is 1. The van der Waals surface area contributed by atoms with Crippen LogP contribution in [0, 0.1) is 0 Å². The summed E-state index contributed by atoms with van der Waals surface area (Å²) < 4.78 is 24.2. The first kappa shape index (κ1) is 28.4. The van der Waals surface area contributed by atoms with Gasteiger partial charge in [-0.3, -0.25) is 4.79 Å². The van der Waals surface area contributed by atoms with Gasteiger partial charge in [-0.1, -0.05) is 40.7 Å². The summed E-state index contributed by atoms with van der Waals surface area (Å²) in [5.74, 6) is -0.628. The number of carbonyl (C=O) groups is 2. The minimum Gasteiger partial charge on any atom is -0.458 e. The highest BCUT2D eigenvalue weighted by atomic mass is 79.9. The number of hydrogen-bond donors (Lipinski definition) is 3.